The molecule has 1 aliphatic heterocycles. The Kier molecular flexibility index (Phi) is 4.82. The summed E-state index contributed by atoms with van der Waals surface area (Å²) in [6.07, 6.45) is -0.0154. The molecule has 3 rings (SSSR count). The maximum atomic E-state index is 11.0. The van der Waals surface area contributed by atoms with E-state index in [1.165, 1.54) is 12.7 Å². The van der Waals surface area contributed by atoms with Gasteiger partial charge in [-0.15, -0.1) is 0 Å². The van der Waals surface area contributed by atoms with Gasteiger partial charge in [-0.05, 0) is 20.8 Å². The molecule has 0 saturated carbocycles. The summed E-state index contributed by atoms with van der Waals surface area (Å²) in [6, 6.07) is 0. The molecule has 0 aliphatic carbocycles. The molecule has 0 bridgehead atoms. The van der Waals surface area contributed by atoms with Gasteiger partial charge in [-0.3, -0.25) is 4.57 Å². The van der Waals surface area contributed by atoms with Crippen LogP contribution in [0, 0.1) is 0 Å². The minimum Gasteiger partial charge on any atom is -0.387 e. The third-order valence-corrected chi connectivity index (χ3v) is 6.64. The molecule has 10 heteroatoms. The van der Waals surface area contributed by atoms with E-state index in [0.717, 1.165) is 0 Å². The van der Waals surface area contributed by atoms with Crippen LogP contribution in [0.2, 0.25) is 13.1 Å². The molecule has 0 amide bonds. The Bertz CT molecular complexity index is 793. The largest absolute Gasteiger partial charge is 0.387 e. The van der Waals surface area contributed by atoms with Crippen molar-refractivity contribution in [1.82, 2.24) is 19.5 Å². The Morgan fingerprint density at radius 1 is 1.31 bits per heavy atom. The molecular weight excluding hydrogens is 354 g/mol. The maximum Gasteiger partial charge on any atom is 0.167 e. The Balaban J connectivity index is 2.04. The van der Waals surface area contributed by atoms with Crippen molar-refractivity contribution in [1.29, 1.82) is 0 Å². The van der Waals surface area contributed by atoms with Gasteiger partial charge in [0.05, 0.1) is 18.5 Å². The monoisotopic (exact) mass is 380 g/mol. The summed E-state index contributed by atoms with van der Waals surface area (Å²) >= 11 is 0. The number of aliphatic hydroxyl groups is 2. The van der Waals surface area contributed by atoms with Crippen LogP contribution < -0.4 is 5.73 Å². The average Bonchev–Trinajstić information content (AvgIpc) is 3.08. The van der Waals surface area contributed by atoms with Crippen molar-refractivity contribution in [2.75, 3.05) is 12.3 Å². The topological polar surface area (TPSA) is 129 Å². The van der Waals surface area contributed by atoms with Gasteiger partial charge in [0.2, 0.25) is 0 Å². The van der Waals surface area contributed by atoms with Gasteiger partial charge in [0, 0.05) is 0 Å². The highest BCUT2D eigenvalue weighted by Gasteiger charge is 2.58. The molecular formula is C16H26N5O4Si. The van der Waals surface area contributed by atoms with Crippen LogP contribution in [0.25, 0.3) is 11.2 Å². The number of hydrogen-bond acceptors (Lipinski definition) is 8. The van der Waals surface area contributed by atoms with E-state index in [9.17, 15) is 10.2 Å². The number of fused-ring (bicyclic) bond motifs is 1. The van der Waals surface area contributed by atoms with Crippen molar-refractivity contribution in [3.05, 3.63) is 12.7 Å². The molecule has 1 fully saturated rings. The third kappa shape index (κ3) is 3.01. The van der Waals surface area contributed by atoms with Gasteiger partial charge in [-0.25, -0.2) is 15.0 Å². The summed E-state index contributed by atoms with van der Waals surface area (Å²) in [4.78, 5) is 12.5. The van der Waals surface area contributed by atoms with Gasteiger partial charge >= 0.3 is 0 Å². The molecule has 3 heterocycles. The highest BCUT2D eigenvalue weighted by atomic mass is 28.3. The second-order valence-electron chi connectivity index (χ2n) is 7.76. The lowest BCUT2D eigenvalue weighted by molar-refractivity contribution is -0.118. The van der Waals surface area contributed by atoms with Gasteiger partial charge in [0.15, 0.2) is 16.8 Å². The Morgan fingerprint density at radius 3 is 2.62 bits per heavy atom. The van der Waals surface area contributed by atoms with E-state index >= 15 is 0 Å². The highest BCUT2D eigenvalue weighted by molar-refractivity contribution is 6.58. The average molecular weight is 381 g/mol. The zero-order valence-electron chi connectivity index (χ0n) is 15.7. The minimum atomic E-state index is -1.33. The second kappa shape index (κ2) is 6.53. The molecule has 1 radical (unpaired) electrons. The standard InChI is InChI=1S/C16H26N5O4Si/c1-15(2,3)24-6-9-11(22)12(23)16(25-9,26(4)5)21-8-20-10-13(17)18-7-19-14(10)21/h7-9,11-12,22-23H,6H2,1-5H3,(H2,17,18,19)/t9-,11-,12-,16+/m1/s1. The molecule has 4 N–H and O–H groups in total. The van der Waals surface area contributed by atoms with E-state index in [2.05, 4.69) is 15.0 Å². The lowest BCUT2D eigenvalue weighted by atomic mass is 10.1. The predicted molar refractivity (Wildman–Crippen MR) is 97.8 cm³/mol. The molecule has 26 heavy (non-hydrogen) atoms. The third-order valence-electron chi connectivity index (χ3n) is 4.55. The highest BCUT2D eigenvalue weighted by Crippen LogP contribution is 2.40. The molecule has 0 spiro atoms. The maximum absolute atomic E-state index is 11.0. The quantitative estimate of drug-likeness (QED) is 0.646. The number of nitrogen functional groups attached to an aromatic ring is 1. The van der Waals surface area contributed by atoms with Crippen molar-refractivity contribution in [2.24, 2.45) is 0 Å². The molecule has 0 unspecified atom stereocenters. The normalized spacial score (nSPS) is 29.8. The summed E-state index contributed by atoms with van der Waals surface area (Å²) < 4.78 is 13.7. The zero-order chi connectivity index (χ0) is 19.3. The van der Waals surface area contributed by atoms with Gasteiger partial charge in [0.25, 0.3) is 0 Å². The van der Waals surface area contributed by atoms with Gasteiger partial charge in [0.1, 0.15) is 39.0 Å². The lowest BCUT2D eigenvalue weighted by Crippen LogP contribution is -2.54. The fraction of sp³-hybridized carbons (Fsp3) is 0.688. The zero-order valence-corrected chi connectivity index (χ0v) is 16.7. The van der Waals surface area contributed by atoms with Crippen LogP contribution in [-0.4, -0.2) is 69.0 Å². The minimum absolute atomic E-state index is 0.169. The lowest BCUT2D eigenvalue weighted by Gasteiger charge is -2.36. The first-order valence-corrected chi connectivity index (χ1v) is 11.0. The van der Waals surface area contributed by atoms with Crippen LogP contribution in [-0.2, 0) is 14.8 Å². The predicted octanol–water partition coefficient (Wildman–Crippen LogP) is 0.291. The number of nitrogens with zero attached hydrogens (tertiary/aromatic N) is 4. The van der Waals surface area contributed by atoms with Gasteiger partial charge < -0.3 is 25.4 Å². The van der Waals surface area contributed by atoms with Crippen LogP contribution >= 0.6 is 0 Å². The van der Waals surface area contributed by atoms with Crippen molar-refractivity contribution in [3.63, 3.8) is 0 Å². The molecule has 1 aliphatic rings. The van der Waals surface area contributed by atoms with E-state index in [0.29, 0.717) is 11.2 Å². The SMILES string of the molecule is C[Si](C)[C@@]1(n2cnc3c(N)ncnc32)O[C@H](COC(C)(C)C)[C@@H](O)[C@H]1O. The van der Waals surface area contributed by atoms with Crippen molar-refractivity contribution >= 4 is 25.8 Å². The molecule has 2 aromatic heterocycles. The first-order valence-electron chi connectivity index (χ1n) is 8.50. The first kappa shape index (κ1) is 19.2. The van der Waals surface area contributed by atoms with Crippen molar-refractivity contribution in [2.45, 2.75) is 63.1 Å². The Labute approximate surface area is 153 Å². The van der Waals surface area contributed by atoms with Gasteiger partial charge in [-0.1, -0.05) is 13.1 Å². The fourth-order valence-corrected chi connectivity index (χ4v) is 5.01. The number of imidazole rings is 1. The molecule has 0 aromatic carbocycles. The number of aliphatic hydroxyl groups excluding tert-OH is 2. The Morgan fingerprint density at radius 2 is 2.00 bits per heavy atom. The van der Waals surface area contributed by atoms with E-state index in [-0.39, 0.29) is 18.0 Å². The number of ether oxygens (including phenoxy) is 2. The van der Waals surface area contributed by atoms with Gasteiger partial charge in [-0.2, -0.15) is 0 Å². The smallest absolute Gasteiger partial charge is 0.167 e. The number of rotatable bonds is 4. The number of hydrogen-bond donors (Lipinski definition) is 3. The van der Waals surface area contributed by atoms with Crippen molar-refractivity contribution in [3.8, 4) is 0 Å². The molecule has 1 saturated heterocycles. The fourth-order valence-electron chi connectivity index (χ4n) is 3.22. The Hall–Kier alpha value is -1.59. The summed E-state index contributed by atoms with van der Waals surface area (Å²) in [5, 5.41) is 20.4. The molecule has 2 aromatic rings. The van der Waals surface area contributed by atoms with E-state index in [1.54, 1.807) is 4.57 Å². The summed E-state index contributed by atoms with van der Waals surface area (Å²) in [5.74, 6) is 0.255. The number of anilines is 1. The molecule has 9 nitrogen and oxygen atoms in total. The van der Waals surface area contributed by atoms with Crippen LogP contribution in [0.15, 0.2) is 12.7 Å². The van der Waals surface area contributed by atoms with E-state index < -0.39 is 32.5 Å². The van der Waals surface area contributed by atoms with Crippen molar-refractivity contribution < 1.29 is 19.7 Å². The molecule has 143 valence electrons. The second-order valence-corrected chi connectivity index (χ2v) is 10.5. The summed E-state index contributed by atoms with van der Waals surface area (Å²) in [5.41, 5.74) is 6.41. The summed E-state index contributed by atoms with van der Waals surface area (Å²) in [6.45, 7) is 9.96. The van der Waals surface area contributed by atoms with E-state index in [4.69, 9.17) is 15.2 Å². The molecule has 4 atom stereocenters. The number of aromatic nitrogens is 4. The van der Waals surface area contributed by atoms with Crippen LogP contribution in [0.4, 0.5) is 5.82 Å². The van der Waals surface area contributed by atoms with E-state index in [1.807, 2.05) is 33.9 Å². The van der Waals surface area contributed by atoms with Crippen LogP contribution in [0.3, 0.4) is 0 Å². The first-order chi connectivity index (χ1) is 12.1. The summed E-state index contributed by atoms with van der Waals surface area (Å²) in [7, 11) is -1.33. The number of nitrogens with two attached hydrogens (primary N) is 1. The van der Waals surface area contributed by atoms with Crippen LogP contribution in [0.5, 0.6) is 0 Å². The van der Waals surface area contributed by atoms with Crippen LogP contribution in [0.1, 0.15) is 20.8 Å².